The number of hydrogen-bond donors (Lipinski definition) is 4. The number of nitrogens with one attached hydrogen (secondary N) is 4. The minimum atomic E-state index is -0.848. The van der Waals surface area contributed by atoms with E-state index in [1.54, 1.807) is 0 Å². The van der Waals surface area contributed by atoms with Crippen LogP contribution in [0.5, 0.6) is 0 Å². The Hall–Kier alpha value is -1.60. The Labute approximate surface area is 116 Å². The van der Waals surface area contributed by atoms with Gasteiger partial charge in [-0.3, -0.25) is 30.9 Å². The minimum Gasteiger partial charge on any atom is -0.293 e. The van der Waals surface area contributed by atoms with Gasteiger partial charge in [0.2, 0.25) is 0 Å². The molecule has 0 aromatic heterocycles. The third-order valence-corrected chi connectivity index (χ3v) is 4.29. The molecule has 0 radical (unpaired) electrons. The van der Waals surface area contributed by atoms with Crippen molar-refractivity contribution >= 4 is 11.6 Å². The number of carbonyl (C=O) groups is 2. The molecule has 4 aliphatic rings. The monoisotopic (exact) mass is 272 g/mol. The summed E-state index contributed by atoms with van der Waals surface area (Å²) in [7, 11) is 0. The summed E-state index contributed by atoms with van der Waals surface area (Å²) in [5.74, 6) is 0.0198. The zero-order valence-corrected chi connectivity index (χ0v) is 11.1. The predicted molar refractivity (Wildman–Crippen MR) is 71.5 cm³/mol. The number of carbonyl (C=O) groups excluding carboxylic acids is 2. The van der Waals surface area contributed by atoms with Crippen molar-refractivity contribution in [2.45, 2.75) is 37.5 Å². The average molecular weight is 272 g/mol. The molecular weight excluding hydrogens is 256 g/mol. The summed E-state index contributed by atoms with van der Waals surface area (Å²) in [6.07, 6.45) is -0.811. The van der Waals surface area contributed by atoms with Crippen LogP contribution in [-0.4, -0.2) is 35.7 Å². The van der Waals surface area contributed by atoms with E-state index >= 15 is 0 Å². The zero-order valence-electron chi connectivity index (χ0n) is 11.1. The van der Waals surface area contributed by atoms with Gasteiger partial charge in [-0.2, -0.15) is 0 Å². The Morgan fingerprint density at radius 2 is 1.60 bits per heavy atom. The molecule has 0 aliphatic carbocycles. The number of hydrogen-bond acceptors (Lipinski definition) is 6. The van der Waals surface area contributed by atoms with Crippen molar-refractivity contribution < 1.29 is 9.59 Å². The number of benzene rings is 1. The summed E-state index contributed by atoms with van der Waals surface area (Å²) in [6, 6.07) is 8.10. The summed E-state index contributed by atoms with van der Waals surface area (Å²) in [5, 5.41) is 12.2. The van der Waals surface area contributed by atoms with Crippen LogP contribution in [0.1, 0.15) is 11.1 Å². The van der Waals surface area contributed by atoms with Gasteiger partial charge in [0.25, 0.3) is 0 Å². The highest BCUT2D eigenvalue weighted by Crippen LogP contribution is 2.26. The average Bonchev–Trinajstić information content (AvgIpc) is 2.41. The Balaban J connectivity index is 1.67. The van der Waals surface area contributed by atoms with Gasteiger partial charge in [-0.05, 0) is 12.5 Å². The fourth-order valence-corrected chi connectivity index (χ4v) is 3.21. The van der Waals surface area contributed by atoms with E-state index in [1.165, 1.54) is 5.56 Å². The van der Waals surface area contributed by atoms with Gasteiger partial charge in [0.05, 0.1) is 0 Å². The maximum absolute atomic E-state index is 12.5. The van der Waals surface area contributed by atoms with Crippen molar-refractivity contribution in [3.8, 4) is 0 Å². The molecule has 4 bridgehead atoms. The maximum atomic E-state index is 12.5. The standard InChI is InChI=1S/C14H16N4O2/c1-7-2-4-8(5-3-7)6-14-10(20)13-15-11(17-14)9(19)12(16-13)18-14/h2-5,11-13,15-18H,6H2,1H3. The fraction of sp³-hybridized carbons (Fsp3) is 0.429. The molecule has 1 aromatic carbocycles. The molecule has 4 N–H and O–H groups in total. The van der Waals surface area contributed by atoms with Crippen LogP contribution < -0.4 is 21.3 Å². The molecule has 6 nitrogen and oxygen atoms in total. The van der Waals surface area contributed by atoms with Crippen LogP contribution >= 0.6 is 0 Å². The lowest BCUT2D eigenvalue weighted by Gasteiger charge is -2.56. The maximum Gasteiger partial charge on any atom is 0.199 e. The van der Waals surface area contributed by atoms with Crippen LogP contribution in [0.4, 0.5) is 0 Å². The van der Waals surface area contributed by atoms with Crippen LogP contribution in [0, 0.1) is 6.92 Å². The van der Waals surface area contributed by atoms with Gasteiger partial charge in [0, 0.05) is 6.42 Å². The second kappa shape index (κ2) is 3.95. The zero-order chi connectivity index (χ0) is 13.9. The number of rotatable bonds is 2. The molecular formula is C14H16N4O2. The van der Waals surface area contributed by atoms with E-state index < -0.39 is 24.2 Å². The molecule has 6 heteroatoms. The second-order valence-corrected chi connectivity index (χ2v) is 5.76. The Morgan fingerprint density at radius 1 is 1.00 bits per heavy atom. The number of aryl methyl sites for hydroxylation is 1. The molecule has 4 aliphatic heterocycles. The van der Waals surface area contributed by atoms with Crippen molar-refractivity contribution in [2.75, 3.05) is 0 Å². The quantitative estimate of drug-likeness (QED) is 0.538. The minimum absolute atomic E-state index is 0.00767. The van der Waals surface area contributed by atoms with Crippen molar-refractivity contribution in [1.82, 2.24) is 21.3 Å². The molecule has 0 spiro atoms. The Bertz CT molecular complexity index is 580. The normalized spacial score (nSPS) is 38.5. The summed E-state index contributed by atoms with van der Waals surface area (Å²) >= 11 is 0. The largest absolute Gasteiger partial charge is 0.293 e. The van der Waals surface area contributed by atoms with Crippen molar-refractivity contribution in [3.05, 3.63) is 35.4 Å². The van der Waals surface area contributed by atoms with Crippen LogP contribution in [0.25, 0.3) is 0 Å². The van der Waals surface area contributed by atoms with Crippen LogP contribution in [0.2, 0.25) is 0 Å². The van der Waals surface area contributed by atoms with E-state index in [2.05, 4.69) is 21.3 Å². The topological polar surface area (TPSA) is 82.3 Å². The first kappa shape index (κ1) is 12.2. The molecule has 2 unspecified atom stereocenters. The highest BCUT2D eigenvalue weighted by Gasteiger charge is 2.59. The number of Topliss-reactive ketones (excluding diaryl/α,β-unsaturated/α-hetero) is 2. The molecule has 0 saturated carbocycles. The fourth-order valence-electron chi connectivity index (χ4n) is 3.21. The summed E-state index contributed by atoms with van der Waals surface area (Å²) in [6.45, 7) is 2.03. The third-order valence-electron chi connectivity index (χ3n) is 4.29. The van der Waals surface area contributed by atoms with Gasteiger partial charge >= 0.3 is 0 Å². The van der Waals surface area contributed by atoms with Crippen molar-refractivity contribution in [3.63, 3.8) is 0 Å². The predicted octanol–water partition coefficient (Wildman–Crippen LogP) is -1.25. The Kier molecular flexibility index (Phi) is 2.41. The van der Waals surface area contributed by atoms with Gasteiger partial charge < -0.3 is 0 Å². The lowest BCUT2D eigenvalue weighted by atomic mass is 9.84. The lowest BCUT2D eigenvalue weighted by Crippen LogP contribution is -2.93. The third kappa shape index (κ3) is 1.59. The van der Waals surface area contributed by atoms with Gasteiger partial charge in [0.1, 0.15) is 24.2 Å². The van der Waals surface area contributed by atoms with E-state index in [1.807, 2.05) is 31.2 Å². The first-order chi connectivity index (χ1) is 9.57. The molecule has 2 atom stereocenters. The van der Waals surface area contributed by atoms with Gasteiger partial charge in [-0.15, -0.1) is 0 Å². The summed E-state index contributed by atoms with van der Waals surface area (Å²) in [4.78, 5) is 24.5. The van der Waals surface area contributed by atoms with Crippen LogP contribution in [0.15, 0.2) is 24.3 Å². The molecule has 104 valence electrons. The van der Waals surface area contributed by atoms with Crippen LogP contribution in [-0.2, 0) is 16.0 Å². The lowest BCUT2D eigenvalue weighted by molar-refractivity contribution is -0.154. The highest BCUT2D eigenvalue weighted by molar-refractivity contribution is 6.03. The summed E-state index contributed by atoms with van der Waals surface area (Å²) < 4.78 is 0. The van der Waals surface area contributed by atoms with Gasteiger partial charge in [-0.25, -0.2) is 0 Å². The molecule has 4 heterocycles. The van der Waals surface area contributed by atoms with E-state index in [0.29, 0.717) is 6.42 Å². The molecule has 20 heavy (non-hydrogen) atoms. The highest BCUT2D eigenvalue weighted by atomic mass is 16.2. The summed E-state index contributed by atoms with van der Waals surface area (Å²) in [5.41, 5.74) is 1.41. The molecule has 4 fully saturated rings. The molecule has 0 amide bonds. The van der Waals surface area contributed by atoms with E-state index in [9.17, 15) is 9.59 Å². The SMILES string of the molecule is Cc1ccc(CC23NC4NC(NC(N2)C4=O)C3=O)cc1. The number of ketones is 2. The van der Waals surface area contributed by atoms with E-state index in [-0.39, 0.29) is 11.6 Å². The van der Waals surface area contributed by atoms with E-state index in [4.69, 9.17) is 0 Å². The van der Waals surface area contributed by atoms with Gasteiger partial charge in [-0.1, -0.05) is 29.8 Å². The van der Waals surface area contributed by atoms with Crippen molar-refractivity contribution in [2.24, 2.45) is 0 Å². The van der Waals surface area contributed by atoms with Crippen molar-refractivity contribution in [1.29, 1.82) is 0 Å². The Morgan fingerprint density at radius 3 is 2.20 bits per heavy atom. The smallest absolute Gasteiger partial charge is 0.199 e. The van der Waals surface area contributed by atoms with Crippen LogP contribution in [0.3, 0.4) is 0 Å². The van der Waals surface area contributed by atoms with Gasteiger partial charge in [0.15, 0.2) is 11.6 Å². The molecule has 1 aromatic rings. The second-order valence-electron chi connectivity index (χ2n) is 5.76. The molecule has 4 saturated heterocycles. The first-order valence-electron chi connectivity index (χ1n) is 6.78. The molecule has 5 rings (SSSR count). The first-order valence-corrected chi connectivity index (χ1v) is 6.78. The van der Waals surface area contributed by atoms with E-state index in [0.717, 1.165) is 5.56 Å².